The summed E-state index contributed by atoms with van der Waals surface area (Å²) in [6.45, 7) is 7.82. The third-order valence-corrected chi connectivity index (χ3v) is 6.34. The van der Waals surface area contributed by atoms with Crippen LogP contribution in [0.2, 0.25) is 0 Å². The minimum absolute atomic E-state index is 0.400. The second-order valence-corrected chi connectivity index (χ2v) is 8.52. The number of hydrogen-bond donors (Lipinski definition) is 1. The van der Waals surface area contributed by atoms with Crippen LogP contribution in [0.25, 0.3) is 0 Å². The molecule has 1 aromatic carbocycles. The highest BCUT2D eigenvalue weighted by molar-refractivity contribution is 5.24. The number of piperazine rings is 1. The van der Waals surface area contributed by atoms with Crippen LogP contribution < -0.4 is 0 Å². The molecule has 1 aromatic rings. The van der Waals surface area contributed by atoms with Crippen LogP contribution in [-0.2, 0) is 6.42 Å². The van der Waals surface area contributed by atoms with Gasteiger partial charge in [0.1, 0.15) is 0 Å². The molecule has 0 bridgehead atoms. The molecule has 1 saturated heterocycles. The molecule has 0 amide bonds. The lowest BCUT2D eigenvalue weighted by atomic mass is 9.74. The summed E-state index contributed by atoms with van der Waals surface area (Å²) in [4.78, 5) is 5.00. The Morgan fingerprint density at radius 3 is 2.60 bits per heavy atom. The number of rotatable bonds is 4. The molecule has 1 heterocycles. The van der Waals surface area contributed by atoms with Gasteiger partial charge < -0.3 is 14.9 Å². The molecule has 2 atom stereocenters. The van der Waals surface area contributed by atoms with Gasteiger partial charge in [0, 0.05) is 45.1 Å². The number of hydrogen-bond acceptors (Lipinski definition) is 3. The zero-order valence-electron chi connectivity index (χ0n) is 16.2. The van der Waals surface area contributed by atoms with Gasteiger partial charge in [-0.05, 0) is 32.4 Å². The lowest BCUT2D eigenvalue weighted by Crippen LogP contribution is -2.51. The molecule has 2 aliphatic rings. The molecule has 3 heteroatoms. The van der Waals surface area contributed by atoms with Crippen LogP contribution in [0.5, 0.6) is 0 Å². The molecular weight excluding hydrogens is 308 g/mol. The fourth-order valence-electron chi connectivity index (χ4n) is 4.66. The Bertz CT molecular complexity index is 539. The molecule has 2 fully saturated rings. The van der Waals surface area contributed by atoms with E-state index in [-0.39, 0.29) is 0 Å². The minimum Gasteiger partial charge on any atom is -0.389 e. The highest BCUT2D eigenvalue weighted by Gasteiger charge is 2.38. The summed E-state index contributed by atoms with van der Waals surface area (Å²) >= 11 is 0. The summed E-state index contributed by atoms with van der Waals surface area (Å²) in [5.74, 6) is 0.400. The van der Waals surface area contributed by atoms with Gasteiger partial charge in [-0.3, -0.25) is 0 Å². The molecule has 2 unspecified atom stereocenters. The molecule has 0 aromatic heterocycles. The van der Waals surface area contributed by atoms with Gasteiger partial charge in [0.2, 0.25) is 0 Å². The van der Waals surface area contributed by atoms with Crippen molar-refractivity contribution >= 4 is 0 Å². The monoisotopic (exact) mass is 344 g/mol. The first kappa shape index (κ1) is 18.9. The number of aryl methyl sites for hydroxylation is 1. The lowest BCUT2D eigenvalue weighted by Gasteiger charge is -2.42. The van der Waals surface area contributed by atoms with E-state index in [1.165, 1.54) is 43.2 Å². The van der Waals surface area contributed by atoms with Gasteiger partial charge in [-0.1, -0.05) is 55.5 Å². The number of likely N-dealkylation sites (N-methyl/N-ethyl adjacent to an activating group) is 1. The highest BCUT2D eigenvalue weighted by atomic mass is 16.3. The highest BCUT2D eigenvalue weighted by Crippen LogP contribution is 2.35. The third kappa shape index (κ3) is 5.29. The standard InChI is InChI=1S/C22H36N2O/c1-19-8-7-9-20(16-19)17-22(25)11-6-4-3-5-10-21(22)18-24-14-12-23(2)13-15-24/h7-9,16,21,25H,3-6,10-15,17-18H2,1-2H3. The molecule has 1 aliphatic heterocycles. The Hall–Kier alpha value is -0.900. The maximum atomic E-state index is 11.7. The molecule has 0 radical (unpaired) electrons. The van der Waals surface area contributed by atoms with E-state index in [1.807, 2.05) is 0 Å². The van der Waals surface area contributed by atoms with E-state index in [2.05, 4.69) is 48.0 Å². The van der Waals surface area contributed by atoms with Crippen LogP contribution in [0, 0.1) is 12.8 Å². The number of aliphatic hydroxyl groups is 1. The summed E-state index contributed by atoms with van der Waals surface area (Å²) < 4.78 is 0. The van der Waals surface area contributed by atoms with Crippen LogP contribution in [0.4, 0.5) is 0 Å². The van der Waals surface area contributed by atoms with E-state index < -0.39 is 5.60 Å². The van der Waals surface area contributed by atoms with Crippen molar-refractivity contribution < 1.29 is 5.11 Å². The van der Waals surface area contributed by atoms with Gasteiger partial charge in [-0.15, -0.1) is 0 Å². The van der Waals surface area contributed by atoms with Gasteiger partial charge in [0.05, 0.1) is 5.60 Å². The zero-order valence-corrected chi connectivity index (χ0v) is 16.2. The Labute approximate surface area is 154 Å². The van der Waals surface area contributed by atoms with Gasteiger partial charge in [0.15, 0.2) is 0 Å². The van der Waals surface area contributed by atoms with Crippen LogP contribution in [0.15, 0.2) is 24.3 Å². The average Bonchev–Trinajstić information content (AvgIpc) is 2.57. The summed E-state index contributed by atoms with van der Waals surface area (Å²) in [6.07, 6.45) is 7.99. The molecule has 1 saturated carbocycles. The van der Waals surface area contributed by atoms with Crippen molar-refractivity contribution in [1.29, 1.82) is 0 Å². The van der Waals surface area contributed by atoms with Crippen LogP contribution >= 0.6 is 0 Å². The summed E-state index contributed by atoms with van der Waals surface area (Å²) in [6, 6.07) is 8.72. The first-order valence-corrected chi connectivity index (χ1v) is 10.2. The van der Waals surface area contributed by atoms with Crippen LogP contribution in [-0.4, -0.2) is 60.3 Å². The quantitative estimate of drug-likeness (QED) is 0.906. The molecular formula is C22H36N2O. The van der Waals surface area contributed by atoms with Gasteiger partial charge in [0.25, 0.3) is 0 Å². The van der Waals surface area contributed by atoms with Gasteiger partial charge in [-0.25, -0.2) is 0 Å². The Balaban J connectivity index is 1.72. The van der Waals surface area contributed by atoms with Crippen molar-refractivity contribution in [3.63, 3.8) is 0 Å². The van der Waals surface area contributed by atoms with Crippen molar-refractivity contribution in [1.82, 2.24) is 9.80 Å². The van der Waals surface area contributed by atoms with E-state index in [4.69, 9.17) is 0 Å². The summed E-state index contributed by atoms with van der Waals surface area (Å²) in [5.41, 5.74) is 2.05. The Morgan fingerprint density at radius 2 is 1.84 bits per heavy atom. The summed E-state index contributed by atoms with van der Waals surface area (Å²) in [5, 5.41) is 11.7. The fraction of sp³-hybridized carbons (Fsp3) is 0.727. The first-order chi connectivity index (χ1) is 12.0. The predicted molar refractivity (Wildman–Crippen MR) is 105 cm³/mol. The van der Waals surface area contributed by atoms with Gasteiger partial charge >= 0.3 is 0 Å². The van der Waals surface area contributed by atoms with E-state index in [1.54, 1.807) is 0 Å². The van der Waals surface area contributed by atoms with Crippen molar-refractivity contribution in [2.75, 3.05) is 39.8 Å². The second kappa shape index (κ2) is 8.66. The second-order valence-electron chi connectivity index (χ2n) is 8.52. The maximum Gasteiger partial charge on any atom is 0.0728 e. The largest absolute Gasteiger partial charge is 0.389 e. The molecule has 1 aliphatic carbocycles. The molecule has 1 N–H and O–H groups in total. The van der Waals surface area contributed by atoms with E-state index in [0.717, 1.165) is 45.6 Å². The SMILES string of the molecule is Cc1cccc(CC2(O)CCCCCCC2CN2CCN(C)CC2)c1. The lowest BCUT2D eigenvalue weighted by molar-refractivity contribution is -0.0512. The fourth-order valence-corrected chi connectivity index (χ4v) is 4.66. The van der Waals surface area contributed by atoms with Crippen molar-refractivity contribution in [2.24, 2.45) is 5.92 Å². The molecule has 3 nitrogen and oxygen atoms in total. The van der Waals surface area contributed by atoms with Crippen LogP contribution in [0.1, 0.15) is 49.7 Å². The zero-order chi connectivity index (χ0) is 17.7. The number of benzene rings is 1. The Kier molecular flexibility index (Phi) is 6.54. The normalized spacial score (nSPS) is 30.0. The average molecular weight is 345 g/mol. The van der Waals surface area contributed by atoms with E-state index in [9.17, 15) is 5.11 Å². The van der Waals surface area contributed by atoms with Crippen molar-refractivity contribution in [2.45, 2.75) is 57.5 Å². The van der Waals surface area contributed by atoms with Crippen molar-refractivity contribution in [3.05, 3.63) is 35.4 Å². The van der Waals surface area contributed by atoms with Crippen molar-refractivity contribution in [3.8, 4) is 0 Å². The van der Waals surface area contributed by atoms with E-state index >= 15 is 0 Å². The molecule has 0 spiro atoms. The molecule has 140 valence electrons. The predicted octanol–water partition coefficient (Wildman–Crippen LogP) is 3.49. The molecule has 25 heavy (non-hydrogen) atoms. The Morgan fingerprint density at radius 1 is 1.08 bits per heavy atom. The minimum atomic E-state index is -0.544. The van der Waals surface area contributed by atoms with Gasteiger partial charge in [-0.2, -0.15) is 0 Å². The smallest absolute Gasteiger partial charge is 0.0728 e. The van der Waals surface area contributed by atoms with E-state index in [0.29, 0.717) is 5.92 Å². The molecule has 3 rings (SSSR count). The first-order valence-electron chi connectivity index (χ1n) is 10.2. The number of nitrogens with zero attached hydrogens (tertiary/aromatic N) is 2. The summed E-state index contributed by atoms with van der Waals surface area (Å²) in [7, 11) is 2.21. The maximum absolute atomic E-state index is 11.7. The topological polar surface area (TPSA) is 26.7 Å². The third-order valence-electron chi connectivity index (χ3n) is 6.34. The van der Waals surface area contributed by atoms with Crippen LogP contribution in [0.3, 0.4) is 0 Å².